The molecule has 0 saturated carbocycles. The van der Waals surface area contributed by atoms with Crippen LogP contribution in [-0.4, -0.2) is 46.4 Å². The molecule has 0 spiro atoms. The SMILES string of the molecule is Cc1nc2ccccn2c1C(=O)NCCN1CCC(CCc2ccccc2)CC1. The molecule has 1 aliphatic rings. The highest BCUT2D eigenvalue weighted by atomic mass is 16.1. The van der Waals surface area contributed by atoms with Gasteiger partial charge >= 0.3 is 0 Å². The molecule has 1 aliphatic heterocycles. The molecular weight excluding hydrogens is 360 g/mol. The Morgan fingerprint density at radius 2 is 1.86 bits per heavy atom. The van der Waals surface area contributed by atoms with Crippen LogP contribution in [0.15, 0.2) is 54.7 Å². The van der Waals surface area contributed by atoms with E-state index in [2.05, 4.69) is 45.5 Å². The van der Waals surface area contributed by atoms with Gasteiger partial charge in [0.2, 0.25) is 0 Å². The number of rotatable bonds is 7. The van der Waals surface area contributed by atoms with E-state index >= 15 is 0 Å². The van der Waals surface area contributed by atoms with Crippen molar-refractivity contribution in [3.8, 4) is 0 Å². The summed E-state index contributed by atoms with van der Waals surface area (Å²) in [7, 11) is 0. The van der Waals surface area contributed by atoms with Gasteiger partial charge in [0.05, 0.1) is 5.69 Å². The maximum Gasteiger partial charge on any atom is 0.270 e. The molecule has 3 aromatic rings. The van der Waals surface area contributed by atoms with Gasteiger partial charge in [-0.2, -0.15) is 0 Å². The third-order valence-corrected chi connectivity index (χ3v) is 6.02. The van der Waals surface area contributed by atoms with Crippen LogP contribution >= 0.6 is 0 Å². The summed E-state index contributed by atoms with van der Waals surface area (Å²) in [5.41, 5.74) is 3.67. The van der Waals surface area contributed by atoms with E-state index in [1.165, 1.54) is 31.2 Å². The number of likely N-dealkylation sites (tertiary alicyclic amines) is 1. The van der Waals surface area contributed by atoms with Crippen molar-refractivity contribution in [3.05, 3.63) is 71.7 Å². The quantitative estimate of drug-likeness (QED) is 0.669. The average molecular weight is 391 g/mol. The van der Waals surface area contributed by atoms with Gasteiger partial charge in [-0.25, -0.2) is 4.98 Å². The summed E-state index contributed by atoms with van der Waals surface area (Å²) >= 11 is 0. The van der Waals surface area contributed by atoms with Crippen LogP contribution in [0.2, 0.25) is 0 Å². The van der Waals surface area contributed by atoms with Gasteiger partial charge in [0.25, 0.3) is 5.91 Å². The summed E-state index contributed by atoms with van der Waals surface area (Å²) in [5, 5.41) is 3.08. The molecule has 0 atom stereocenters. The van der Waals surface area contributed by atoms with E-state index < -0.39 is 0 Å². The van der Waals surface area contributed by atoms with Gasteiger partial charge in [0.1, 0.15) is 11.3 Å². The second kappa shape index (κ2) is 9.23. The van der Waals surface area contributed by atoms with Gasteiger partial charge in [0, 0.05) is 19.3 Å². The Morgan fingerprint density at radius 1 is 1.10 bits per heavy atom. The van der Waals surface area contributed by atoms with Gasteiger partial charge in [-0.05, 0) is 69.3 Å². The molecule has 1 fully saturated rings. The molecule has 29 heavy (non-hydrogen) atoms. The zero-order valence-corrected chi connectivity index (χ0v) is 17.2. The molecule has 0 aliphatic carbocycles. The number of hydrogen-bond donors (Lipinski definition) is 1. The second-order valence-corrected chi connectivity index (χ2v) is 8.04. The molecule has 3 heterocycles. The molecule has 0 bridgehead atoms. The number of piperidine rings is 1. The minimum absolute atomic E-state index is 0.0426. The minimum atomic E-state index is -0.0426. The van der Waals surface area contributed by atoms with Crippen molar-refractivity contribution in [3.63, 3.8) is 0 Å². The Kier molecular flexibility index (Phi) is 6.25. The topological polar surface area (TPSA) is 49.6 Å². The number of aromatic nitrogens is 2. The van der Waals surface area contributed by atoms with E-state index in [9.17, 15) is 4.79 Å². The summed E-state index contributed by atoms with van der Waals surface area (Å²) in [4.78, 5) is 19.6. The van der Waals surface area contributed by atoms with E-state index in [0.717, 1.165) is 36.9 Å². The number of pyridine rings is 1. The van der Waals surface area contributed by atoms with E-state index in [-0.39, 0.29) is 5.91 Å². The zero-order valence-electron chi connectivity index (χ0n) is 17.2. The van der Waals surface area contributed by atoms with Crippen LogP contribution < -0.4 is 5.32 Å². The number of amides is 1. The molecule has 1 amide bonds. The summed E-state index contributed by atoms with van der Waals surface area (Å²) in [6.45, 7) is 5.73. The Hall–Kier alpha value is -2.66. The maximum absolute atomic E-state index is 12.7. The van der Waals surface area contributed by atoms with E-state index in [0.29, 0.717) is 12.2 Å². The Bertz CT molecular complexity index is 942. The summed E-state index contributed by atoms with van der Waals surface area (Å²) < 4.78 is 1.86. The van der Waals surface area contributed by atoms with Crippen LogP contribution in [0.3, 0.4) is 0 Å². The van der Waals surface area contributed by atoms with Gasteiger partial charge in [-0.1, -0.05) is 36.4 Å². The number of carbonyl (C=O) groups excluding carboxylic acids is 1. The van der Waals surface area contributed by atoms with E-state index in [1.807, 2.05) is 35.7 Å². The first-order valence-electron chi connectivity index (χ1n) is 10.7. The van der Waals surface area contributed by atoms with Crippen molar-refractivity contribution in [1.29, 1.82) is 0 Å². The highest BCUT2D eigenvalue weighted by molar-refractivity contribution is 5.94. The van der Waals surface area contributed by atoms with Gasteiger partial charge in [-0.3, -0.25) is 9.20 Å². The third kappa shape index (κ3) is 4.85. The number of fused-ring (bicyclic) bond motifs is 1. The van der Waals surface area contributed by atoms with Crippen molar-refractivity contribution in [2.75, 3.05) is 26.2 Å². The Balaban J connectivity index is 1.20. The van der Waals surface area contributed by atoms with Crippen LogP contribution in [0.5, 0.6) is 0 Å². The lowest BCUT2D eigenvalue weighted by Crippen LogP contribution is -2.40. The van der Waals surface area contributed by atoms with Crippen molar-refractivity contribution in [1.82, 2.24) is 19.6 Å². The van der Waals surface area contributed by atoms with Crippen molar-refractivity contribution >= 4 is 11.6 Å². The molecule has 2 aromatic heterocycles. The molecule has 5 nitrogen and oxygen atoms in total. The summed E-state index contributed by atoms with van der Waals surface area (Å²) in [6.07, 6.45) is 6.87. The fourth-order valence-corrected chi connectivity index (χ4v) is 4.31. The minimum Gasteiger partial charge on any atom is -0.349 e. The van der Waals surface area contributed by atoms with Crippen molar-refractivity contribution in [2.45, 2.75) is 32.6 Å². The lowest BCUT2D eigenvalue weighted by Gasteiger charge is -2.32. The lowest BCUT2D eigenvalue weighted by atomic mass is 9.90. The first-order valence-corrected chi connectivity index (χ1v) is 10.7. The number of nitrogens with one attached hydrogen (secondary N) is 1. The Labute approximate surface area is 172 Å². The fraction of sp³-hybridized carbons (Fsp3) is 0.417. The second-order valence-electron chi connectivity index (χ2n) is 8.04. The average Bonchev–Trinajstić information content (AvgIpc) is 3.09. The molecule has 1 N–H and O–H groups in total. The van der Waals surface area contributed by atoms with Crippen LogP contribution in [0, 0.1) is 12.8 Å². The monoisotopic (exact) mass is 390 g/mol. The van der Waals surface area contributed by atoms with Crippen LogP contribution in [0.4, 0.5) is 0 Å². The summed E-state index contributed by atoms with van der Waals surface area (Å²) in [5.74, 6) is 0.779. The third-order valence-electron chi connectivity index (χ3n) is 6.02. The highest BCUT2D eigenvalue weighted by Crippen LogP contribution is 2.22. The van der Waals surface area contributed by atoms with E-state index in [4.69, 9.17) is 0 Å². The number of imidazole rings is 1. The first kappa shape index (κ1) is 19.6. The van der Waals surface area contributed by atoms with Gasteiger partial charge < -0.3 is 10.2 Å². The molecule has 5 heteroatoms. The van der Waals surface area contributed by atoms with Crippen LogP contribution in [0.1, 0.15) is 41.0 Å². The molecule has 0 unspecified atom stereocenters. The van der Waals surface area contributed by atoms with Crippen molar-refractivity contribution in [2.24, 2.45) is 5.92 Å². The lowest BCUT2D eigenvalue weighted by molar-refractivity contribution is 0.0937. The predicted octanol–water partition coefficient (Wildman–Crippen LogP) is 3.72. The zero-order chi connectivity index (χ0) is 20.1. The van der Waals surface area contributed by atoms with Crippen molar-refractivity contribution < 1.29 is 4.79 Å². The standard InChI is InChI=1S/C24H30N4O/c1-19-23(28-15-6-5-9-22(28)26-19)24(29)25-14-18-27-16-12-21(13-17-27)11-10-20-7-3-2-4-8-20/h2-9,15,21H,10-14,16-18H2,1H3,(H,25,29). The number of aryl methyl sites for hydroxylation is 2. The molecule has 1 aromatic carbocycles. The normalized spacial score (nSPS) is 15.6. The smallest absolute Gasteiger partial charge is 0.270 e. The number of hydrogen-bond acceptors (Lipinski definition) is 3. The molecule has 0 radical (unpaired) electrons. The van der Waals surface area contributed by atoms with E-state index in [1.54, 1.807) is 0 Å². The fourth-order valence-electron chi connectivity index (χ4n) is 4.31. The number of nitrogens with zero attached hydrogens (tertiary/aromatic N) is 3. The predicted molar refractivity (Wildman–Crippen MR) is 116 cm³/mol. The first-order chi connectivity index (χ1) is 14.2. The van der Waals surface area contributed by atoms with Gasteiger partial charge in [0.15, 0.2) is 0 Å². The van der Waals surface area contributed by atoms with Crippen LogP contribution in [-0.2, 0) is 6.42 Å². The number of benzene rings is 1. The molecular formula is C24H30N4O. The number of carbonyl (C=O) groups is 1. The molecule has 1 saturated heterocycles. The molecule has 152 valence electrons. The van der Waals surface area contributed by atoms with Crippen LogP contribution in [0.25, 0.3) is 5.65 Å². The molecule has 4 rings (SSSR count). The summed E-state index contributed by atoms with van der Waals surface area (Å²) in [6, 6.07) is 16.6. The van der Waals surface area contributed by atoms with Gasteiger partial charge in [-0.15, -0.1) is 0 Å². The largest absolute Gasteiger partial charge is 0.349 e. The maximum atomic E-state index is 12.7. The highest BCUT2D eigenvalue weighted by Gasteiger charge is 2.20. The Morgan fingerprint density at radius 3 is 2.66 bits per heavy atom.